The van der Waals surface area contributed by atoms with Crippen LogP contribution in [-0.4, -0.2) is 34.4 Å². The van der Waals surface area contributed by atoms with E-state index in [1.807, 2.05) is 43.3 Å². The van der Waals surface area contributed by atoms with Crippen molar-refractivity contribution in [2.24, 2.45) is 0 Å². The van der Waals surface area contributed by atoms with Crippen LogP contribution in [0.2, 0.25) is 0 Å². The molecule has 146 valence electrons. The van der Waals surface area contributed by atoms with Crippen LogP contribution < -0.4 is 10.9 Å². The maximum absolute atomic E-state index is 12.9. The lowest BCUT2D eigenvalue weighted by atomic mass is 10.2. The molecule has 6 nitrogen and oxygen atoms in total. The first-order valence-electron chi connectivity index (χ1n) is 9.02. The molecule has 0 saturated carbocycles. The number of methoxy groups -OCH3 is 1. The summed E-state index contributed by atoms with van der Waals surface area (Å²) in [4.78, 5) is 30.1. The summed E-state index contributed by atoms with van der Waals surface area (Å²) in [5, 5.41) is 3.55. The van der Waals surface area contributed by atoms with Crippen LogP contribution in [0.1, 0.15) is 12.5 Å². The summed E-state index contributed by atoms with van der Waals surface area (Å²) < 4.78 is 6.71. The van der Waals surface area contributed by atoms with Crippen molar-refractivity contribution in [1.82, 2.24) is 9.55 Å². The zero-order valence-corrected chi connectivity index (χ0v) is 17.0. The van der Waals surface area contributed by atoms with Crippen LogP contribution in [0, 0.1) is 6.92 Å². The molecule has 0 aliphatic rings. The van der Waals surface area contributed by atoms with Gasteiger partial charge in [0, 0.05) is 12.8 Å². The van der Waals surface area contributed by atoms with Crippen LogP contribution in [0.5, 0.6) is 0 Å². The van der Waals surface area contributed by atoms with Gasteiger partial charge in [0.1, 0.15) is 0 Å². The Bertz CT molecular complexity index is 1050. The van der Waals surface area contributed by atoms with Crippen LogP contribution in [0.3, 0.4) is 0 Å². The molecular weight excluding hydrogens is 374 g/mol. The second kappa shape index (κ2) is 9.03. The smallest absolute Gasteiger partial charge is 0.262 e. The fourth-order valence-electron chi connectivity index (χ4n) is 2.80. The first-order chi connectivity index (χ1) is 13.5. The summed E-state index contributed by atoms with van der Waals surface area (Å²) in [6.45, 7) is 4.54. The quantitative estimate of drug-likeness (QED) is 0.488. The molecule has 1 heterocycles. The summed E-state index contributed by atoms with van der Waals surface area (Å²) in [5.41, 5.74) is 2.31. The Balaban J connectivity index is 1.87. The third-order valence-electron chi connectivity index (χ3n) is 4.28. The maximum atomic E-state index is 12.9. The van der Waals surface area contributed by atoms with Crippen molar-refractivity contribution < 1.29 is 9.53 Å². The molecule has 1 aromatic heterocycles. The van der Waals surface area contributed by atoms with Gasteiger partial charge in [0.25, 0.3) is 5.56 Å². The number of carbonyl (C=O) groups is 1. The fraction of sp³-hybridized carbons (Fsp3) is 0.286. The van der Waals surface area contributed by atoms with Gasteiger partial charge < -0.3 is 10.1 Å². The minimum absolute atomic E-state index is 0.128. The molecule has 0 aliphatic heterocycles. The van der Waals surface area contributed by atoms with Gasteiger partial charge in [0.15, 0.2) is 5.16 Å². The van der Waals surface area contributed by atoms with Crippen molar-refractivity contribution in [3.63, 3.8) is 0 Å². The highest BCUT2D eigenvalue weighted by molar-refractivity contribution is 8.00. The summed E-state index contributed by atoms with van der Waals surface area (Å²) in [5.74, 6) is -0.142. The second-order valence-electron chi connectivity index (χ2n) is 6.48. The maximum Gasteiger partial charge on any atom is 0.262 e. The summed E-state index contributed by atoms with van der Waals surface area (Å²) >= 11 is 1.27. The highest BCUT2D eigenvalue weighted by atomic mass is 32.2. The highest BCUT2D eigenvalue weighted by Crippen LogP contribution is 2.24. The topological polar surface area (TPSA) is 73.2 Å². The van der Waals surface area contributed by atoms with E-state index in [1.165, 1.54) is 11.8 Å². The van der Waals surface area contributed by atoms with E-state index in [4.69, 9.17) is 4.74 Å². The number of carbonyl (C=O) groups excluding carboxylic acids is 1. The number of ether oxygens (including phenoxy) is 1. The number of nitrogens with zero attached hydrogens (tertiary/aromatic N) is 2. The first-order valence-corrected chi connectivity index (χ1v) is 9.90. The third kappa shape index (κ3) is 4.61. The minimum Gasteiger partial charge on any atom is -0.383 e. The molecule has 0 radical (unpaired) electrons. The molecule has 1 N–H and O–H groups in total. The van der Waals surface area contributed by atoms with Gasteiger partial charge in [-0.15, -0.1) is 0 Å². The van der Waals surface area contributed by atoms with Gasteiger partial charge in [-0.25, -0.2) is 4.98 Å². The van der Waals surface area contributed by atoms with Crippen LogP contribution >= 0.6 is 11.8 Å². The van der Waals surface area contributed by atoms with E-state index in [9.17, 15) is 9.59 Å². The highest BCUT2D eigenvalue weighted by Gasteiger charge is 2.19. The third-order valence-corrected chi connectivity index (χ3v) is 5.37. The van der Waals surface area contributed by atoms with Gasteiger partial charge in [-0.2, -0.15) is 0 Å². The Morgan fingerprint density at radius 2 is 2.04 bits per heavy atom. The second-order valence-corrected chi connectivity index (χ2v) is 7.79. The molecular formula is C21H23N3O3S. The van der Waals surface area contributed by atoms with Crippen molar-refractivity contribution in [3.05, 3.63) is 64.4 Å². The predicted molar refractivity (Wildman–Crippen MR) is 113 cm³/mol. The van der Waals surface area contributed by atoms with Crippen LogP contribution in [-0.2, 0) is 16.1 Å². The number of thioether (sulfide) groups is 1. The number of aromatic nitrogens is 2. The Kier molecular flexibility index (Phi) is 6.49. The van der Waals surface area contributed by atoms with E-state index in [2.05, 4.69) is 10.3 Å². The van der Waals surface area contributed by atoms with Crippen molar-refractivity contribution in [2.45, 2.75) is 30.8 Å². The van der Waals surface area contributed by atoms with Gasteiger partial charge in [-0.1, -0.05) is 36.0 Å². The zero-order valence-electron chi connectivity index (χ0n) is 16.1. The molecule has 0 fully saturated rings. The monoisotopic (exact) mass is 397 g/mol. The van der Waals surface area contributed by atoms with Crippen molar-refractivity contribution in [3.8, 4) is 0 Å². The Morgan fingerprint density at radius 3 is 2.79 bits per heavy atom. The van der Waals surface area contributed by atoms with E-state index in [0.717, 1.165) is 11.3 Å². The number of nitrogens with one attached hydrogen (secondary N) is 1. The number of para-hydroxylation sites is 1. The molecule has 28 heavy (non-hydrogen) atoms. The Labute approximate surface area is 167 Å². The Morgan fingerprint density at radius 1 is 1.25 bits per heavy atom. The predicted octanol–water partition coefficient (Wildman–Crippen LogP) is 3.47. The van der Waals surface area contributed by atoms with Gasteiger partial charge in [-0.05, 0) is 43.7 Å². The van der Waals surface area contributed by atoms with Crippen molar-refractivity contribution in [2.75, 3.05) is 19.0 Å². The van der Waals surface area contributed by atoms with Crippen molar-refractivity contribution >= 4 is 34.3 Å². The SMILES string of the molecule is COCCn1c(S[C@H](C)C(=O)Nc2cccc(C)c2)nc2ccccc2c1=O. The number of hydrogen-bond acceptors (Lipinski definition) is 5. The van der Waals surface area contributed by atoms with Crippen LogP contribution in [0.25, 0.3) is 10.9 Å². The van der Waals surface area contributed by atoms with Crippen LogP contribution in [0.4, 0.5) is 5.69 Å². The standard InChI is InChI=1S/C21H23N3O3S/c1-14-7-6-8-16(13-14)22-19(25)15(2)28-21-23-18-10-5-4-9-17(18)20(26)24(21)11-12-27-3/h4-10,13,15H,11-12H2,1-3H3,(H,22,25)/t15-/m1/s1. The first kappa shape index (κ1) is 20.1. The lowest BCUT2D eigenvalue weighted by Gasteiger charge is -2.16. The molecule has 1 amide bonds. The molecule has 3 rings (SSSR count). The molecule has 0 aliphatic carbocycles. The summed E-state index contributed by atoms with van der Waals surface area (Å²) in [6.07, 6.45) is 0. The largest absolute Gasteiger partial charge is 0.383 e. The normalized spacial score (nSPS) is 12.1. The summed E-state index contributed by atoms with van der Waals surface area (Å²) in [7, 11) is 1.59. The number of anilines is 1. The van der Waals surface area contributed by atoms with E-state index in [0.29, 0.717) is 29.2 Å². The van der Waals surface area contributed by atoms with Crippen molar-refractivity contribution in [1.29, 1.82) is 0 Å². The number of fused-ring (bicyclic) bond motifs is 1. The molecule has 1 atom stereocenters. The number of amides is 1. The molecule has 3 aromatic rings. The summed E-state index contributed by atoms with van der Waals surface area (Å²) in [6, 6.07) is 14.9. The van der Waals surface area contributed by atoms with Gasteiger partial charge in [-0.3, -0.25) is 14.2 Å². The lowest BCUT2D eigenvalue weighted by Crippen LogP contribution is -2.28. The van der Waals surface area contributed by atoms with Gasteiger partial charge in [0.05, 0.1) is 29.3 Å². The molecule has 0 saturated heterocycles. The zero-order chi connectivity index (χ0) is 20.1. The minimum atomic E-state index is -0.428. The number of rotatable bonds is 7. The van der Waals surface area contributed by atoms with E-state index in [1.54, 1.807) is 30.7 Å². The lowest BCUT2D eigenvalue weighted by molar-refractivity contribution is -0.115. The molecule has 2 aromatic carbocycles. The van der Waals surface area contributed by atoms with Crippen LogP contribution in [0.15, 0.2) is 58.5 Å². The van der Waals surface area contributed by atoms with E-state index >= 15 is 0 Å². The van der Waals surface area contributed by atoms with Gasteiger partial charge in [0.2, 0.25) is 5.91 Å². The van der Waals surface area contributed by atoms with E-state index < -0.39 is 5.25 Å². The van der Waals surface area contributed by atoms with Gasteiger partial charge >= 0.3 is 0 Å². The number of benzene rings is 2. The average molecular weight is 398 g/mol. The fourth-order valence-corrected chi connectivity index (χ4v) is 3.73. The Hall–Kier alpha value is -2.64. The molecule has 0 bridgehead atoms. The molecule has 0 unspecified atom stereocenters. The molecule has 7 heteroatoms. The van der Waals surface area contributed by atoms with E-state index in [-0.39, 0.29) is 11.5 Å². The molecule has 0 spiro atoms. The average Bonchev–Trinajstić information content (AvgIpc) is 2.68. The number of aryl methyl sites for hydroxylation is 1. The number of hydrogen-bond donors (Lipinski definition) is 1.